The number of carboxylic acid groups (broad SMARTS) is 1. The van der Waals surface area contributed by atoms with E-state index < -0.39 is 5.97 Å². The zero-order chi connectivity index (χ0) is 14.7. The number of aromatic amines is 1. The van der Waals surface area contributed by atoms with Gasteiger partial charge in [-0.1, -0.05) is 42.5 Å². The molecule has 0 aliphatic rings. The Morgan fingerprint density at radius 3 is 2.43 bits per heavy atom. The second-order valence-corrected chi connectivity index (χ2v) is 4.82. The number of nitrogens with zero attached hydrogens (tertiary/aromatic N) is 1. The number of H-pyrrole nitrogens is 1. The summed E-state index contributed by atoms with van der Waals surface area (Å²) in [6.45, 7) is 0. The third-order valence-corrected chi connectivity index (χ3v) is 3.29. The van der Waals surface area contributed by atoms with Crippen LogP contribution in [0.5, 0.6) is 0 Å². The van der Waals surface area contributed by atoms with Gasteiger partial charge in [0.1, 0.15) is 0 Å². The second-order valence-electron chi connectivity index (χ2n) is 4.82. The Morgan fingerprint density at radius 1 is 1.00 bits per heavy atom. The number of nitrogens with one attached hydrogen (secondary N) is 1. The van der Waals surface area contributed by atoms with Crippen LogP contribution in [0, 0.1) is 0 Å². The lowest BCUT2D eigenvalue weighted by molar-refractivity contribution is -0.136. The van der Waals surface area contributed by atoms with E-state index in [2.05, 4.69) is 16.3 Å². The van der Waals surface area contributed by atoms with E-state index in [-0.39, 0.29) is 6.42 Å². The van der Waals surface area contributed by atoms with E-state index in [1.54, 1.807) is 6.20 Å². The molecule has 3 aromatic rings. The fraction of sp³-hybridized carbons (Fsp3) is 0.0588. The van der Waals surface area contributed by atoms with Gasteiger partial charge in [0.05, 0.1) is 12.1 Å². The van der Waals surface area contributed by atoms with Crippen molar-refractivity contribution in [3.05, 3.63) is 66.4 Å². The number of aliphatic carboxylic acids is 1. The minimum Gasteiger partial charge on any atom is -0.481 e. The van der Waals surface area contributed by atoms with Crippen LogP contribution in [0.3, 0.4) is 0 Å². The maximum absolute atomic E-state index is 10.8. The second kappa shape index (κ2) is 5.63. The molecule has 21 heavy (non-hydrogen) atoms. The summed E-state index contributed by atoms with van der Waals surface area (Å²) >= 11 is 0. The Balaban J connectivity index is 1.97. The molecule has 2 N–H and O–H groups in total. The SMILES string of the molecule is O=C(O)Cc1cccc(-c2cccc(-c3ccn[nH]3)c2)c1. The first-order valence-electron chi connectivity index (χ1n) is 6.63. The molecule has 0 amide bonds. The number of benzene rings is 2. The highest BCUT2D eigenvalue weighted by Crippen LogP contribution is 2.25. The van der Waals surface area contributed by atoms with Gasteiger partial charge in [0.15, 0.2) is 0 Å². The van der Waals surface area contributed by atoms with Crippen LogP contribution in [-0.2, 0) is 11.2 Å². The van der Waals surface area contributed by atoms with Crippen molar-refractivity contribution in [2.75, 3.05) is 0 Å². The average Bonchev–Trinajstić information content (AvgIpc) is 3.01. The summed E-state index contributed by atoms with van der Waals surface area (Å²) in [7, 11) is 0. The molecule has 0 atom stereocenters. The first-order chi connectivity index (χ1) is 10.2. The first kappa shape index (κ1) is 13.1. The lowest BCUT2D eigenvalue weighted by Gasteiger charge is -2.06. The molecular formula is C17H14N2O2. The normalized spacial score (nSPS) is 10.5. The molecular weight excluding hydrogens is 264 g/mol. The number of rotatable bonds is 4. The molecule has 1 aromatic heterocycles. The van der Waals surface area contributed by atoms with Crippen molar-refractivity contribution in [2.45, 2.75) is 6.42 Å². The lowest BCUT2D eigenvalue weighted by atomic mass is 9.99. The molecule has 0 saturated carbocycles. The molecule has 104 valence electrons. The Labute approximate surface area is 122 Å². The molecule has 3 rings (SSSR count). The molecule has 0 aliphatic heterocycles. The molecule has 4 heteroatoms. The summed E-state index contributed by atoms with van der Waals surface area (Å²) in [5.41, 5.74) is 4.86. The third kappa shape index (κ3) is 3.00. The van der Waals surface area contributed by atoms with Crippen molar-refractivity contribution in [1.29, 1.82) is 0 Å². The van der Waals surface area contributed by atoms with Crippen LogP contribution < -0.4 is 0 Å². The molecule has 4 nitrogen and oxygen atoms in total. The number of hydrogen-bond donors (Lipinski definition) is 2. The Hall–Kier alpha value is -2.88. The molecule has 2 aromatic carbocycles. The molecule has 0 aliphatic carbocycles. The highest BCUT2D eigenvalue weighted by atomic mass is 16.4. The van der Waals surface area contributed by atoms with Gasteiger partial charge in [-0.3, -0.25) is 9.89 Å². The van der Waals surface area contributed by atoms with Crippen LogP contribution in [-0.4, -0.2) is 21.3 Å². The first-order valence-corrected chi connectivity index (χ1v) is 6.63. The van der Waals surface area contributed by atoms with E-state index >= 15 is 0 Å². The number of hydrogen-bond acceptors (Lipinski definition) is 2. The average molecular weight is 278 g/mol. The van der Waals surface area contributed by atoms with Gasteiger partial charge < -0.3 is 5.11 Å². The van der Waals surface area contributed by atoms with E-state index in [1.165, 1.54) is 0 Å². The van der Waals surface area contributed by atoms with Crippen LogP contribution >= 0.6 is 0 Å². The molecule has 1 heterocycles. The Bertz CT molecular complexity index is 764. The molecule has 0 radical (unpaired) electrons. The fourth-order valence-electron chi connectivity index (χ4n) is 2.32. The van der Waals surface area contributed by atoms with Crippen molar-refractivity contribution in [3.63, 3.8) is 0 Å². The summed E-state index contributed by atoms with van der Waals surface area (Å²) < 4.78 is 0. The van der Waals surface area contributed by atoms with Crippen molar-refractivity contribution >= 4 is 5.97 Å². The summed E-state index contributed by atoms with van der Waals surface area (Å²) in [6.07, 6.45) is 1.75. The monoisotopic (exact) mass is 278 g/mol. The standard InChI is InChI=1S/C17H14N2O2/c20-17(21)10-12-3-1-4-13(9-12)14-5-2-6-15(11-14)16-7-8-18-19-16/h1-9,11H,10H2,(H,18,19)(H,20,21). The predicted molar refractivity (Wildman–Crippen MR) is 80.8 cm³/mol. The summed E-state index contributed by atoms with van der Waals surface area (Å²) in [5, 5.41) is 15.8. The van der Waals surface area contributed by atoms with E-state index in [0.29, 0.717) is 0 Å². The van der Waals surface area contributed by atoms with Gasteiger partial charge in [0.25, 0.3) is 0 Å². The van der Waals surface area contributed by atoms with Crippen LogP contribution in [0.15, 0.2) is 60.8 Å². The number of carbonyl (C=O) groups is 1. The van der Waals surface area contributed by atoms with Gasteiger partial charge in [-0.05, 0) is 28.8 Å². The number of aromatic nitrogens is 2. The van der Waals surface area contributed by atoms with Crippen molar-refractivity contribution < 1.29 is 9.90 Å². The Morgan fingerprint density at radius 2 is 1.71 bits per heavy atom. The van der Waals surface area contributed by atoms with E-state index in [1.807, 2.05) is 48.5 Å². The van der Waals surface area contributed by atoms with Crippen molar-refractivity contribution in [3.8, 4) is 22.4 Å². The Kier molecular flexibility index (Phi) is 3.51. The smallest absolute Gasteiger partial charge is 0.307 e. The van der Waals surface area contributed by atoms with Crippen LogP contribution in [0.1, 0.15) is 5.56 Å². The molecule has 0 unspecified atom stereocenters. The van der Waals surface area contributed by atoms with E-state index in [4.69, 9.17) is 5.11 Å². The van der Waals surface area contributed by atoms with E-state index in [0.717, 1.165) is 27.9 Å². The van der Waals surface area contributed by atoms with E-state index in [9.17, 15) is 4.79 Å². The minimum atomic E-state index is -0.821. The zero-order valence-corrected chi connectivity index (χ0v) is 11.3. The van der Waals surface area contributed by atoms with Crippen LogP contribution in [0.25, 0.3) is 22.4 Å². The van der Waals surface area contributed by atoms with Gasteiger partial charge in [0.2, 0.25) is 0 Å². The maximum Gasteiger partial charge on any atom is 0.307 e. The molecule has 0 spiro atoms. The minimum absolute atomic E-state index is 0.0358. The maximum atomic E-state index is 10.8. The topological polar surface area (TPSA) is 66.0 Å². The highest BCUT2D eigenvalue weighted by molar-refractivity contribution is 5.74. The molecule has 0 saturated heterocycles. The molecule has 0 bridgehead atoms. The number of carboxylic acids is 1. The van der Waals surface area contributed by atoms with Crippen LogP contribution in [0.2, 0.25) is 0 Å². The predicted octanol–water partition coefficient (Wildman–Crippen LogP) is 3.37. The van der Waals surface area contributed by atoms with Gasteiger partial charge in [0, 0.05) is 11.8 Å². The third-order valence-electron chi connectivity index (χ3n) is 3.29. The summed E-state index contributed by atoms with van der Waals surface area (Å²) in [5.74, 6) is -0.821. The van der Waals surface area contributed by atoms with Gasteiger partial charge in [-0.15, -0.1) is 0 Å². The molecule has 0 fully saturated rings. The quantitative estimate of drug-likeness (QED) is 0.769. The van der Waals surface area contributed by atoms with Gasteiger partial charge in [-0.2, -0.15) is 5.10 Å². The largest absolute Gasteiger partial charge is 0.481 e. The van der Waals surface area contributed by atoms with Gasteiger partial charge >= 0.3 is 5.97 Å². The zero-order valence-electron chi connectivity index (χ0n) is 11.3. The summed E-state index contributed by atoms with van der Waals surface area (Å²) in [4.78, 5) is 10.8. The van der Waals surface area contributed by atoms with Crippen molar-refractivity contribution in [1.82, 2.24) is 10.2 Å². The van der Waals surface area contributed by atoms with Crippen LogP contribution in [0.4, 0.5) is 0 Å². The van der Waals surface area contributed by atoms with Gasteiger partial charge in [-0.25, -0.2) is 0 Å². The highest BCUT2D eigenvalue weighted by Gasteiger charge is 2.05. The summed E-state index contributed by atoms with van der Waals surface area (Å²) in [6, 6.07) is 17.6. The fourth-order valence-corrected chi connectivity index (χ4v) is 2.32. The van der Waals surface area contributed by atoms with Crippen molar-refractivity contribution in [2.24, 2.45) is 0 Å². The lowest BCUT2D eigenvalue weighted by Crippen LogP contribution is -1.99.